The van der Waals surface area contributed by atoms with Gasteiger partial charge in [-0.25, -0.2) is 4.98 Å². The van der Waals surface area contributed by atoms with E-state index in [1.807, 2.05) is 6.07 Å². The number of aromatic nitrogens is 2. The Labute approximate surface area is 123 Å². The third kappa shape index (κ3) is 4.30. The molecule has 0 aliphatic heterocycles. The van der Waals surface area contributed by atoms with Crippen molar-refractivity contribution in [1.29, 1.82) is 0 Å². The highest BCUT2D eigenvalue weighted by Gasteiger charge is 2.11. The van der Waals surface area contributed by atoms with Crippen molar-refractivity contribution in [2.24, 2.45) is 0 Å². The van der Waals surface area contributed by atoms with Gasteiger partial charge < -0.3 is 15.2 Å². The summed E-state index contributed by atoms with van der Waals surface area (Å²) in [6.07, 6.45) is 5.68. The van der Waals surface area contributed by atoms with E-state index < -0.39 is 0 Å². The molecule has 1 amide bonds. The van der Waals surface area contributed by atoms with Crippen LogP contribution in [-0.2, 0) is 6.42 Å². The van der Waals surface area contributed by atoms with E-state index in [1.54, 1.807) is 6.07 Å². The van der Waals surface area contributed by atoms with Gasteiger partial charge in [0.05, 0.1) is 6.20 Å². The van der Waals surface area contributed by atoms with Crippen LogP contribution in [0.5, 0.6) is 0 Å². The van der Waals surface area contributed by atoms with Crippen molar-refractivity contribution in [3.63, 3.8) is 0 Å². The molecule has 0 saturated heterocycles. The summed E-state index contributed by atoms with van der Waals surface area (Å²) in [6, 6.07) is 3.58. The molecule has 0 aliphatic carbocycles. The molecule has 0 spiro atoms. The normalized spacial score (nSPS) is 10.4. The van der Waals surface area contributed by atoms with E-state index in [4.69, 9.17) is 4.52 Å². The first kappa shape index (κ1) is 15.0. The fourth-order valence-corrected chi connectivity index (χ4v) is 1.92. The minimum absolute atomic E-state index is 0.197. The van der Waals surface area contributed by atoms with Gasteiger partial charge in [-0.15, -0.1) is 0 Å². The van der Waals surface area contributed by atoms with Crippen LogP contribution in [0, 0.1) is 0 Å². The van der Waals surface area contributed by atoms with Gasteiger partial charge >= 0.3 is 0 Å². The summed E-state index contributed by atoms with van der Waals surface area (Å²) in [5.41, 5.74) is 2.03. The predicted molar refractivity (Wildman–Crippen MR) is 81.5 cm³/mol. The van der Waals surface area contributed by atoms with Crippen molar-refractivity contribution in [3.8, 4) is 0 Å². The first-order chi connectivity index (χ1) is 10.2. The second-order valence-corrected chi connectivity index (χ2v) is 4.78. The van der Waals surface area contributed by atoms with Crippen molar-refractivity contribution >= 4 is 17.4 Å². The lowest BCUT2D eigenvalue weighted by molar-refractivity contribution is 0.102. The van der Waals surface area contributed by atoms with Crippen molar-refractivity contribution in [1.82, 2.24) is 10.1 Å². The van der Waals surface area contributed by atoms with Crippen LogP contribution in [0.1, 0.15) is 42.7 Å². The van der Waals surface area contributed by atoms with Crippen LogP contribution in [0.4, 0.5) is 11.5 Å². The van der Waals surface area contributed by atoms with Crippen molar-refractivity contribution in [2.75, 3.05) is 17.2 Å². The Hall–Kier alpha value is -2.37. The number of amides is 1. The van der Waals surface area contributed by atoms with Crippen LogP contribution < -0.4 is 10.6 Å². The fourth-order valence-electron chi connectivity index (χ4n) is 1.92. The lowest BCUT2D eigenvalue weighted by Crippen LogP contribution is -2.14. The summed E-state index contributed by atoms with van der Waals surface area (Å²) in [6.45, 7) is 5.00. The van der Waals surface area contributed by atoms with Gasteiger partial charge in [-0.2, -0.15) is 0 Å². The molecule has 0 aliphatic rings. The van der Waals surface area contributed by atoms with Crippen LogP contribution in [-0.4, -0.2) is 22.6 Å². The van der Waals surface area contributed by atoms with Crippen LogP contribution in [0.3, 0.4) is 0 Å². The van der Waals surface area contributed by atoms with Gasteiger partial charge in [0.2, 0.25) is 0 Å². The highest BCUT2D eigenvalue weighted by atomic mass is 16.5. The molecule has 2 aromatic heterocycles. The Morgan fingerprint density at radius 2 is 2.14 bits per heavy atom. The standard InChI is InChI=1S/C15H20N4O2/c1-3-5-12-7-11(8-14(18-12)16-6-4-2)15(20)19-13-9-17-21-10-13/h7-10H,3-6H2,1-2H3,(H,16,18)(H,19,20). The molecular weight excluding hydrogens is 268 g/mol. The number of anilines is 2. The Kier molecular flexibility index (Phi) is 5.31. The summed E-state index contributed by atoms with van der Waals surface area (Å²) in [5, 5.41) is 9.52. The van der Waals surface area contributed by atoms with Crippen LogP contribution in [0.15, 0.2) is 29.1 Å². The number of carbonyl (C=O) groups is 1. The van der Waals surface area contributed by atoms with E-state index in [0.29, 0.717) is 11.3 Å². The summed E-state index contributed by atoms with van der Waals surface area (Å²) in [7, 11) is 0. The second kappa shape index (κ2) is 7.42. The number of rotatable bonds is 7. The second-order valence-electron chi connectivity index (χ2n) is 4.78. The highest BCUT2D eigenvalue weighted by molar-refractivity contribution is 6.04. The molecule has 0 fully saturated rings. The van der Waals surface area contributed by atoms with E-state index in [9.17, 15) is 4.79 Å². The van der Waals surface area contributed by atoms with Gasteiger partial charge in [-0.3, -0.25) is 4.79 Å². The Balaban J connectivity index is 2.19. The average Bonchev–Trinajstić information content (AvgIpc) is 2.98. The number of nitrogens with one attached hydrogen (secondary N) is 2. The first-order valence-electron chi connectivity index (χ1n) is 7.18. The average molecular weight is 288 g/mol. The number of hydrogen-bond donors (Lipinski definition) is 2. The Bertz CT molecular complexity index is 581. The lowest BCUT2D eigenvalue weighted by atomic mass is 10.1. The summed E-state index contributed by atoms with van der Waals surface area (Å²) >= 11 is 0. The molecule has 2 aromatic rings. The van der Waals surface area contributed by atoms with E-state index in [-0.39, 0.29) is 5.91 Å². The van der Waals surface area contributed by atoms with Crippen molar-refractivity contribution in [3.05, 3.63) is 35.9 Å². The minimum Gasteiger partial charge on any atom is -0.370 e. The third-order valence-corrected chi connectivity index (χ3v) is 2.89. The van der Waals surface area contributed by atoms with Gasteiger partial charge in [0.1, 0.15) is 17.8 Å². The molecule has 0 saturated carbocycles. The van der Waals surface area contributed by atoms with E-state index in [2.05, 4.69) is 34.6 Å². The predicted octanol–water partition coefficient (Wildman–Crippen LogP) is 3.10. The molecule has 2 N–H and O–H groups in total. The monoisotopic (exact) mass is 288 g/mol. The molecule has 0 atom stereocenters. The molecule has 2 heterocycles. The third-order valence-electron chi connectivity index (χ3n) is 2.89. The topological polar surface area (TPSA) is 80.0 Å². The maximum Gasteiger partial charge on any atom is 0.255 e. The molecule has 0 bridgehead atoms. The molecule has 0 unspecified atom stereocenters. The fraction of sp³-hybridized carbons (Fsp3) is 0.400. The van der Waals surface area contributed by atoms with Gasteiger partial charge in [0.15, 0.2) is 0 Å². The Morgan fingerprint density at radius 1 is 1.29 bits per heavy atom. The number of pyridine rings is 1. The smallest absolute Gasteiger partial charge is 0.255 e. The minimum atomic E-state index is -0.197. The lowest BCUT2D eigenvalue weighted by Gasteiger charge is -2.10. The van der Waals surface area contributed by atoms with Gasteiger partial charge in [-0.1, -0.05) is 25.4 Å². The molecule has 0 aromatic carbocycles. The van der Waals surface area contributed by atoms with E-state index in [0.717, 1.165) is 37.3 Å². The van der Waals surface area contributed by atoms with Gasteiger partial charge in [-0.05, 0) is 25.0 Å². The number of nitrogens with zero attached hydrogens (tertiary/aromatic N) is 2. The molecule has 2 rings (SSSR count). The van der Waals surface area contributed by atoms with E-state index >= 15 is 0 Å². The van der Waals surface area contributed by atoms with Gasteiger partial charge in [0, 0.05) is 17.8 Å². The zero-order chi connectivity index (χ0) is 15.1. The van der Waals surface area contributed by atoms with Crippen LogP contribution in [0.25, 0.3) is 0 Å². The molecule has 6 nitrogen and oxygen atoms in total. The first-order valence-corrected chi connectivity index (χ1v) is 7.18. The zero-order valence-electron chi connectivity index (χ0n) is 12.3. The van der Waals surface area contributed by atoms with Crippen molar-refractivity contribution in [2.45, 2.75) is 33.1 Å². The van der Waals surface area contributed by atoms with Crippen LogP contribution >= 0.6 is 0 Å². The van der Waals surface area contributed by atoms with Crippen LogP contribution in [0.2, 0.25) is 0 Å². The summed E-state index contributed by atoms with van der Waals surface area (Å²) < 4.78 is 4.70. The molecule has 0 radical (unpaired) electrons. The maximum absolute atomic E-state index is 12.3. The molecule has 112 valence electrons. The molecule has 21 heavy (non-hydrogen) atoms. The Morgan fingerprint density at radius 3 is 2.81 bits per heavy atom. The maximum atomic E-state index is 12.3. The number of hydrogen-bond acceptors (Lipinski definition) is 5. The molecule has 6 heteroatoms. The molecular formula is C15H20N4O2. The highest BCUT2D eigenvalue weighted by Crippen LogP contribution is 2.14. The SMILES string of the molecule is CCCNc1cc(C(=O)Nc2cnoc2)cc(CCC)n1. The van der Waals surface area contributed by atoms with Gasteiger partial charge in [0.25, 0.3) is 5.91 Å². The largest absolute Gasteiger partial charge is 0.370 e. The summed E-state index contributed by atoms with van der Waals surface area (Å²) in [5.74, 6) is 0.538. The van der Waals surface area contributed by atoms with E-state index in [1.165, 1.54) is 12.5 Å². The number of aryl methyl sites for hydroxylation is 1. The zero-order valence-corrected chi connectivity index (χ0v) is 12.3. The quantitative estimate of drug-likeness (QED) is 0.818. The number of carbonyl (C=O) groups excluding carboxylic acids is 1. The summed E-state index contributed by atoms with van der Waals surface area (Å²) in [4.78, 5) is 16.8. The van der Waals surface area contributed by atoms with Crippen molar-refractivity contribution < 1.29 is 9.32 Å².